The van der Waals surface area contributed by atoms with E-state index in [9.17, 15) is 9.59 Å². The molecule has 25 heavy (non-hydrogen) atoms. The highest BCUT2D eigenvalue weighted by atomic mass is 35.5. The maximum absolute atomic E-state index is 12.6. The molecule has 1 atom stereocenters. The summed E-state index contributed by atoms with van der Waals surface area (Å²) >= 11 is 5.84. The number of pyridine rings is 1. The molecule has 0 saturated carbocycles. The van der Waals surface area contributed by atoms with Crippen LogP contribution in [0.4, 0.5) is 11.7 Å². The van der Waals surface area contributed by atoms with Crippen LogP contribution in [0.25, 0.3) is 0 Å². The largest absolute Gasteiger partial charge is 0.338 e. The van der Waals surface area contributed by atoms with Crippen LogP contribution in [0.3, 0.4) is 0 Å². The Labute approximate surface area is 150 Å². The zero-order chi connectivity index (χ0) is 18.2. The Bertz CT molecular complexity index is 795. The second-order valence-corrected chi connectivity index (χ2v) is 7.40. The van der Waals surface area contributed by atoms with Crippen LogP contribution in [0.2, 0.25) is 5.02 Å². The third kappa shape index (κ3) is 3.66. The molecule has 3 rings (SSSR count). The molecule has 132 valence electrons. The summed E-state index contributed by atoms with van der Waals surface area (Å²) in [6, 6.07) is 4.30. The van der Waals surface area contributed by atoms with E-state index in [1.54, 1.807) is 18.2 Å². The van der Waals surface area contributed by atoms with Gasteiger partial charge in [-0.15, -0.1) is 0 Å². The minimum atomic E-state index is -0.649. The van der Waals surface area contributed by atoms with Crippen molar-refractivity contribution >= 4 is 35.1 Å². The van der Waals surface area contributed by atoms with Crippen molar-refractivity contribution in [1.29, 1.82) is 0 Å². The lowest BCUT2D eigenvalue weighted by Gasteiger charge is -2.22. The Balaban J connectivity index is 1.77. The molecule has 1 aliphatic heterocycles. The number of nitrogens with zero attached hydrogens (tertiary/aromatic N) is 3. The molecule has 7 nitrogen and oxygen atoms in total. The van der Waals surface area contributed by atoms with Gasteiger partial charge in [-0.25, -0.2) is 4.98 Å². The molecular formula is C17H19ClN4O3. The minimum absolute atomic E-state index is 0.150. The van der Waals surface area contributed by atoms with E-state index in [4.69, 9.17) is 16.1 Å². The lowest BCUT2D eigenvalue weighted by atomic mass is 9.92. The van der Waals surface area contributed by atoms with Crippen LogP contribution in [0.1, 0.15) is 39.3 Å². The second kappa shape index (κ2) is 6.48. The lowest BCUT2D eigenvalue weighted by molar-refractivity contribution is -0.120. The number of hydrogen-bond donors (Lipinski definition) is 1. The highest BCUT2D eigenvalue weighted by molar-refractivity contribution is 6.30. The van der Waals surface area contributed by atoms with Crippen LogP contribution in [0, 0.1) is 0 Å². The maximum atomic E-state index is 12.6. The van der Waals surface area contributed by atoms with E-state index in [-0.39, 0.29) is 29.5 Å². The quantitative estimate of drug-likeness (QED) is 0.906. The number of hydrogen-bond acceptors (Lipinski definition) is 5. The summed E-state index contributed by atoms with van der Waals surface area (Å²) in [5.74, 6) is 0.181. The van der Waals surface area contributed by atoms with Crippen LogP contribution in [0.15, 0.2) is 28.9 Å². The molecule has 0 aliphatic carbocycles. The van der Waals surface area contributed by atoms with Crippen molar-refractivity contribution in [2.45, 2.75) is 45.1 Å². The summed E-state index contributed by atoms with van der Waals surface area (Å²) in [5.41, 5.74) is 0.552. The molecule has 1 N–H and O–H groups in total. The van der Waals surface area contributed by atoms with E-state index in [1.165, 1.54) is 11.1 Å². The van der Waals surface area contributed by atoms with Gasteiger partial charge in [0.25, 0.3) is 0 Å². The Morgan fingerprint density at radius 1 is 1.40 bits per heavy atom. The monoisotopic (exact) mass is 362 g/mol. The van der Waals surface area contributed by atoms with Crippen LogP contribution < -0.4 is 10.2 Å². The van der Waals surface area contributed by atoms with Gasteiger partial charge in [-0.1, -0.05) is 37.5 Å². The maximum Gasteiger partial charge on any atom is 0.250 e. The Kier molecular flexibility index (Phi) is 4.51. The van der Waals surface area contributed by atoms with E-state index >= 15 is 0 Å². The number of anilines is 2. The van der Waals surface area contributed by atoms with E-state index < -0.39 is 6.04 Å². The van der Waals surface area contributed by atoms with Crippen molar-refractivity contribution in [3.63, 3.8) is 0 Å². The molecular weight excluding hydrogens is 344 g/mol. The molecule has 2 aromatic rings. The molecule has 8 heteroatoms. The van der Waals surface area contributed by atoms with Crippen LogP contribution in [-0.2, 0) is 15.0 Å². The van der Waals surface area contributed by atoms with Crippen LogP contribution >= 0.6 is 11.6 Å². The van der Waals surface area contributed by atoms with Gasteiger partial charge in [0.2, 0.25) is 17.7 Å². The molecule has 1 saturated heterocycles. The number of carbonyl (C=O) groups is 2. The lowest BCUT2D eigenvalue weighted by Crippen LogP contribution is -2.42. The smallest absolute Gasteiger partial charge is 0.250 e. The predicted molar refractivity (Wildman–Crippen MR) is 93.6 cm³/mol. The summed E-state index contributed by atoms with van der Waals surface area (Å²) < 4.78 is 5.19. The van der Waals surface area contributed by atoms with Gasteiger partial charge in [-0.2, -0.15) is 0 Å². The van der Waals surface area contributed by atoms with E-state index in [0.717, 1.165) is 5.69 Å². The standard InChI is InChI=1S/C17H19ClN4O3/c1-17(2,3)12-8-14(25-21-12)20-16(24)11-5-7-15(23)22(11)13-6-4-10(18)9-19-13/h4,6,8-9,11H,5,7H2,1-3H3,(H,20,24). The topological polar surface area (TPSA) is 88.3 Å². The zero-order valence-corrected chi connectivity index (χ0v) is 15.0. The summed E-state index contributed by atoms with van der Waals surface area (Å²) in [5, 5.41) is 7.13. The fraction of sp³-hybridized carbons (Fsp3) is 0.412. The molecule has 2 aromatic heterocycles. The summed E-state index contributed by atoms with van der Waals surface area (Å²) in [4.78, 5) is 30.4. The van der Waals surface area contributed by atoms with E-state index in [0.29, 0.717) is 17.3 Å². The van der Waals surface area contributed by atoms with Crippen molar-refractivity contribution in [3.05, 3.63) is 35.1 Å². The molecule has 0 bridgehead atoms. The van der Waals surface area contributed by atoms with Crippen LogP contribution in [0.5, 0.6) is 0 Å². The van der Waals surface area contributed by atoms with Crippen molar-refractivity contribution in [2.75, 3.05) is 10.2 Å². The summed E-state index contributed by atoms with van der Waals surface area (Å²) in [6.45, 7) is 6.00. The second-order valence-electron chi connectivity index (χ2n) is 6.97. The van der Waals surface area contributed by atoms with Crippen molar-refractivity contribution in [3.8, 4) is 0 Å². The van der Waals surface area contributed by atoms with Gasteiger partial charge in [0.15, 0.2) is 0 Å². The SMILES string of the molecule is CC(C)(C)c1cc(NC(=O)C2CCC(=O)N2c2ccc(Cl)cn2)on1. The third-order valence-electron chi connectivity index (χ3n) is 4.00. The predicted octanol–water partition coefficient (Wildman–Crippen LogP) is 3.15. The molecule has 1 fully saturated rings. The summed E-state index contributed by atoms with van der Waals surface area (Å²) in [6.07, 6.45) is 2.14. The van der Waals surface area contributed by atoms with Crippen LogP contribution in [-0.4, -0.2) is 28.0 Å². The average Bonchev–Trinajstić information content (AvgIpc) is 3.15. The Morgan fingerprint density at radius 2 is 2.16 bits per heavy atom. The average molecular weight is 363 g/mol. The highest BCUT2D eigenvalue weighted by Crippen LogP contribution is 2.28. The van der Waals surface area contributed by atoms with Gasteiger partial charge >= 0.3 is 0 Å². The first kappa shape index (κ1) is 17.4. The summed E-state index contributed by atoms with van der Waals surface area (Å²) in [7, 11) is 0. The van der Waals surface area contributed by atoms with Gasteiger partial charge in [0.1, 0.15) is 11.9 Å². The molecule has 3 heterocycles. The fourth-order valence-corrected chi connectivity index (χ4v) is 2.73. The van der Waals surface area contributed by atoms with E-state index in [2.05, 4.69) is 15.5 Å². The zero-order valence-electron chi connectivity index (χ0n) is 14.2. The molecule has 1 aliphatic rings. The fourth-order valence-electron chi connectivity index (χ4n) is 2.62. The van der Waals surface area contributed by atoms with Crippen molar-refractivity contribution in [1.82, 2.24) is 10.1 Å². The number of carbonyl (C=O) groups excluding carboxylic acids is 2. The highest BCUT2D eigenvalue weighted by Gasteiger charge is 2.38. The first-order chi connectivity index (χ1) is 11.8. The van der Waals surface area contributed by atoms with Gasteiger partial charge in [-0.3, -0.25) is 19.8 Å². The molecule has 0 spiro atoms. The first-order valence-corrected chi connectivity index (χ1v) is 8.35. The van der Waals surface area contributed by atoms with Gasteiger partial charge < -0.3 is 4.52 Å². The number of halogens is 1. The minimum Gasteiger partial charge on any atom is -0.338 e. The number of aromatic nitrogens is 2. The van der Waals surface area contributed by atoms with Gasteiger partial charge in [-0.05, 0) is 18.6 Å². The molecule has 1 unspecified atom stereocenters. The number of rotatable bonds is 3. The first-order valence-electron chi connectivity index (χ1n) is 7.97. The normalized spacial score (nSPS) is 17.8. The van der Waals surface area contributed by atoms with E-state index in [1.807, 2.05) is 20.8 Å². The number of nitrogens with one attached hydrogen (secondary N) is 1. The molecule has 0 aromatic carbocycles. The third-order valence-corrected chi connectivity index (χ3v) is 4.22. The molecule has 0 radical (unpaired) electrons. The van der Waals surface area contributed by atoms with Crippen molar-refractivity contribution in [2.24, 2.45) is 0 Å². The Morgan fingerprint density at radius 3 is 2.76 bits per heavy atom. The number of amides is 2. The van der Waals surface area contributed by atoms with Gasteiger partial charge in [0, 0.05) is 24.1 Å². The molecule has 2 amide bonds. The van der Waals surface area contributed by atoms with Gasteiger partial charge in [0.05, 0.1) is 10.7 Å². The Hall–Kier alpha value is -2.41. The van der Waals surface area contributed by atoms with Crippen molar-refractivity contribution < 1.29 is 14.1 Å².